The topological polar surface area (TPSA) is 77.5 Å². The first-order valence-electron chi connectivity index (χ1n) is 40.6. The van der Waals surface area contributed by atoms with Crippen LogP contribution in [-0.2, 0) is 96.7 Å². The summed E-state index contributed by atoms with van der Waals surface area (Å²) in [6.07, 6.45) is 7.13. The number of pyridine rings is 2. The first-order chi connectivity index (χ1) is 58.5. The molecule has 628 valence electrons. The molecule has 7 heterocycles. The standard InChI is InChI=1S/C29H26N2.2C28H25N3.C23H16N4.4Ir/c1-29(2,3)23-17-19-24(20-18-23)30-21-31(28-16-10-9-15-27(28)30)26-14-8-7-13-25(26)22-11-5-4-6-12-22;1-28(2,3)22-15-17-23(18-16-22)30-20-31(26-14-9-19-29-27(26)30)25-13-8-7-12-24(25)21-10-5-4-6-11-21;1-28(2,3)22-15-17-23(18-16-22)30-20-31(27-26(30)14-9-19-29-27)25-13-8-7-12-24(25)21-10-5-4-6-11-21;1-3-9-18(10-4-1)20-13-7-8-14-21(20)27-17-26(19-11-5-2-6-12-19)22-23(27)25-16-15-24-22;;;;/h4-19,21H,1-3H3;2*4-17,19-20H,1-3H3;1-11,13-17H;;;;/q4*-2;;;;. The average Bonchev–Trinajstić information content (AvgIpc) is 1.62. The van der Waals surface area contributed by atoms with Gasteiger partial charge in [0.2, 0.25) is 0 Å². The van der Waals surface area contributed by atoms with Crippen molar-refractivity contribution in [1.82, 2.24) is 19.9 Å². The Morgan fingerprint density at radius 1 is 0.210 bits per heavy atom. The normalized spacial score (nSPS) is 12.8. The molecule has 0 bridgehead atoms. The summed E-state index contributed by atoms with van der Waals surface area (Å²) in [5, 5.41) is 0. The molecule has 13 aromatic carbocycles. The maximum absolute atomic E-state index is 4.72. The van der Waals surface area contributed by atoms with Gasteiger partial charge in [-0.15, -0.1) is 67.6 Å². The molecule has 124 heavy (non-hydrogen) atoms. The minimum atomic E-state index is 0. The zero-order chi connectivity index (χ0) is 82.3. The van der Waals surface area contributed by atoms with E-state index in [1.54, 1.807) is 12.4 Å². The molecule has 0 amide bonds. The summed E-state index contributed by atoms with van der Waals surface area (Å²) in [5.41, 5.74) is 26.4. The molecule has 0 aliphatic carbocycles. The number of fused-ring (bicyclic) bond motifs is 4. The fraction of sp³-hybridized carbons (Fsp3) is 0.111. The second-order valence-corrected chi connectivity index (χ2v) is 32.7. The van der Waals surface area contributed by atoms with Gasteiger partial charge in [-0.2, -0.15) is 102 Å². The molecule has 12 nitrogen and oxygen atoms in total. The first kappa shape index (κ1) is 90.0. The van der Waals surface area contributed by atoms with Gasteiger partial charge in [0.05, 0.1) is 11.4 Å². The minimum absolute atomic E-state index is 0. The van der Waals surface area contributed by atoms with Crippen molar-refractivity contribution in [2.45, 2.75) is 78.6 Å². The molecule has 16 aromatic rings. The van der Waals surface area contributed by atoms with Crippen LogP contribution in [0.2, 0.25) is 0 Å². The van der Waals surface area contributed by atoms with Gasteiger partial charge in [-0.1, -0.05) is 285 Å². The zero-order valence-corrected chi connectivity index (χ0v) is 79.8. The van der Waals surface area contributed by atoms with Gasteiger partial charge in [-0.25, -0.2) is 19.9 Å². The van der Waals surface area contributed by atoms with Crippen molar-refractivity contribution >= 4 is 91.5 Å². The molecule has 4 radical (unpaired) electrons. The van der Waals surface area contributed by atoms with Gasteiger partial charge in [0.1, 0.15) is 23.3 Å². The third-order valence-corrected chi connectivity index (χ3v) is 21.7. The summed E-state index contributed by atoms with van der Waals surface area (Å²) in [4.78, 5) is 35.9. The van der Waals surface area contributed by atoms with E-state index in [-0.39, 0.29) is 96.7 Å². The molecular weight excluding hydrogens is 2230 g/mol. The molecule has 16 heteroatoms. The van der Waals surface area contributed by atoms with Crippen LogP contribution in [0.1, 0.15) is 79.0 Å². The SMILES string of the molecule is CC(C)(C)c1c[c-]c(N2[CH-]N(c3ccccc3-c3ccccc3)c3ccccc32)cc1.CC(C)(C)c1c[c-]c(N2[CH-]N(c3ccccc3-c3ccccc3)c3cccnc32)cc1.CC(C)(C)c1c[c-]c(N2[CH-]N(c3ccccc3-c3ccccc3)c3ncccc32)cc1.[Ir].[Ir].[Ir].[Ir].[c-]1ccccc1N1[CH-]N(c2ccccc2-c2ccccc2)c2nccnc21. The summed E-state index contributed by atoms with van der Waals surface area (Å²) in [6.45, 7) is 28.4. The van der Waals surface area contributed by atoms with Gasteiger partial charge in [0, 0.05) is 162 Å². The van der Waals surface area contributed by atoms with Gasteiger partial charge < -0.3 is 39.2 Å². The van der Waals surface area contributed by atoms with Crippen molar-refractivity contribution in [3.8, 4) is 44.5 Å². The Balaban J connectivity index is 0.000000141. The Morgan fingerprint density at radius 3 is 0.847 bits per heavy atom. The molecule has 0 saturated carbocycles. The molecule has 4 aliphatic rings. The van der Waals surface area contributed by atoms with Crippen molar-refractivity contribution in [3.63, 3.8) is 0 Å². The molecule has 0 atom stereocenters. The molecule has 0 saturated heterocycles. The van der Waals surface area contributed by atoms with E-state index in [1.165, 1.54) is 55.8 Å². The fourth-order valence-electron chi connectivity index (χ4n) is 15.3. The number of nitrogens with zero attached hydrogens (tertiary/aromatic N) is 12. The molecule has 0 unspecified atom stereocenters. The number of rotatable bonds is 12. The maximum Gasteiger partial charge on any atom is 0.145 e. The van der Waals surface area contributed by atoms with Gasteiger partial charge in [-0.3, -0.25) is 0 Å². The van der Waals surface area contributed by atoms with Crippen LogP contribution in [0, 0.1) is 50.9 Å². The number of benzene rings is 13. The second kappa shape index (κ2) is 39.8. The quantitative estimate of drug-likeness (QED) is 0.109. The number of hydrogen-bond acceptors (Lipinski definition) is 12. The molecular formula is C108H92Ir4N12-8. The predicted octanol–water partition coefficient (Wildman–Crippen LogP) is 27.7. The minimum Gasteiger partial charge on any atom is -0.493 e. The Labute approximate surface area is 785 Å². The number of para-hydroxylation sites is 7. The van der Waals surface area contributed by atoms with Crippen LogP contribution < -0.4 is 39.2 Å². The van der Waals surface area contributed by atoms with E-state index in [2.05, 4.69) is 436 Å². The van der Waals surface area contributed by atoms with Crippen molar-refractivity contribution < 1.29 is 80.4 Å². The summed E-state index contributed by atoms with van der Waals surface area (Å²) in [6, 6.07) is 133. The van der Waals surface area contributed by atoms with Gasteiger partial charge >= 0.3 is 0 Å². The van der Waals surface area contributed by atoms with Crippen molar-refractivity contribution in [2.75, 3.05) is 39.2 Å². The van der Waals surface area contributed by atoms with E-state index in [0.29, 0.717) is 0 Å². The molecule has 4 aliphatic heterocycles. The summed E-state index contributed by atoms with van der Waals surface area (Å²) in [7, 11) is 0. The van der Waals surface area contributed by atoms with E-state index in [9.17, 15) is 0 Å². The second-order valence-electron chi connectivity index (χ2n) is 32.7. The fourth-order valence-corrected chi connectivity index (χ4v) is 15.3. The van der Waals surface area contributed by atoms with Gasteiger partial charge in [-0.05, 0) is 82.9 Å². The van der Waals surface area contributed by atoms with E-state index in [1.807, 2.05) is 84.6 Å². The van der Waals surface area contributed by atoms with Gasteiger partial charge in [0.25, 0.3) is 0 Å². The summed E-state index contributed by atoms with van der Waals surface area (Å²) >= 11 is 0. The Bertz CT molecular complexity index is 5710. The Kier molecular flexibility index (Phi) is 28.9. The van der Waals surface area contributed by atoms with Crippen LogP contribution in [0.15, 0.2) is 371 Å². The zero-order valence-electron chi connectivity index (χ0n) is 70.2. The number of anilines is 16. The van der Waals surface area contributed by atoms with Crippen molar-refractivity contribution in [3.05, 3.63) is 438 Å². The van der Waals surface area contributed by atoms with Crippen LogP contribution in [0.4, 0.5) is 91.5 Å². The van der Waals surface area contributed by atoms with Crippen LogP contribution in [0.25, 0.3) is 44.5 Å². The van der Waals surface area contributed by atoms with E-state index < -0.39 is 0 Å². The predicted molar refractivity (Wildman–Crippen MR) is 496 cm³/mol. The van der Waals surface area contributed by atoms with E-state index in [4.69, 9.17) is 9.97 Å². The third kappa shape index (κ3) is 19.4. The van der Waals surface area contributed by atoms with Crippen molar-refractivity contribution in [1.29, 1.82) is 0 Å². The van der Waals surface area contributed by atoms with Crippen LogP contribution in [0.5, 0.6) is 0 Å². The van der Waals surface area contributed by atoms with Crippen molar-refractivity contribution in [2.24, 2.45) is 0 Å². The van der Waals surface area contributed by atoms with Crippen LogP contribution in [-0.4, -0.2) is 19.9 Å². The first-order valence-corrected chi connectivity index (χ1v) is 40.6. The van der Waals surface area contributed by atoms with Crippen LogP contribution >= 0.6 is 0 Å². The summed E-state index contributed by atoms with van der Waals surface area (Å²) in [5.74, 6) is 3.42. The molecule has 0 N–H and O–H groups in total. The van der Waals surface area contributed by atoms with E-state index >= 15 is 0 Å². The Morgan fingerprint density at radius 2 is 0.468 bits per heavy atom. The third-order valence-electron chi connectivity index (χ3n) is 21.7. The molecule has 3 aromatic heterocycles. The number of aromatic nitrogens is 4. The monoisotopic (exact) mass is 2330 g/mol. The van der Waals surface area contributed by atoms with Gasteiger partial charge in [0.15, 0.2) is 0 Å². The molecule has 20 rings (SSSR count). The maximum atomic E-state index is 4.72. The van der Waals surface area contributed by atoms with E-state index in [0.717, 1.165) is 97.0 Å². The largest absolute Gasteiger partial charge is 0.493 e. The average molecular weight is 2330 g/mol. The molecule has 0 spiro atoms. The molecule has 0 fully saturated rings. The summed E-state index contributed by atoms with van der Waals surface area (Å²) < 4.78 is 0. The smallest absolute Gasteiger partial charge is 0.145 e. The van der Waals surface area contributed by atoms with Crippen LogP contribution in [0.3, 0.4) is 0 Å². The Hall–Kier alpha value is -11.8. The number of hydrogen-bond donors (Lipinski definition) is 0.